The molecule has 5 nitrogen and oxygen atoms in total. The minimum Gasteiger partial charge on any atom is -0.356 e. The van der Waals surface area contributed by atoms with Gasteiger partial charge in [-0.2, -0.15) is 0 Å². The van der Waals surface area contributed by atoms with E-state index in [1.807, 2.05) is 0 Å². The fraction of sp³-hybridized carbons (Fsp3) is 1.00. The summed E-state index contributed by atoms with van der Waals surface area (Å²) in [7, 11) is 0.221. The molecule has 0 atom stereocenters. The van der Waals surface area contributed by atoms with Crippen molar-refractivity contribution in [3.05, 3.63) is 0 Å². The Balaban J connectivity index is 2.26. The Labute approximate surface area is 91.4 Å². The van der Waals surface area contributed by atoms with Crippen LogP contribution >= 0.6 is 0 Å². The van der Waals surface area contributed by atoms with E-state index < -0.39 is 10.0 Å². The molecule has 1 rings (SSSR count). The Morgan fingerprint density at radius 2 is 2.00 bits per heavy atom. The zero-order chi connectivity index (χ0) is 11.3. The molecule has 1 saturated heterocycles. The summed E-state index contributed by atoms with van der Waals surface area (Å²) in [6.45, 7) is 1.23. The van der Waals surface area contributed by atoms with E-state index >= 15 is 0 Å². The lowest BCUT2D eigenvalue weighted by Gasteiger charge is -2.16. The molecule has 0 aromatic carbocycles. The topological polar surface area (TPSA) is 55.8 Å². The summed E-state index contributed by atoms with van der Waals surface area (Å²) in [6, 6.07) is 0. The van der Waals surface area contributed by atoms with Gasteiger partial charge < -0.3 is 9.47 Å². The number of sulfonamides is 1. The van der Waals surface area contributed by atoms with E-state index in [-0.39, 0.29) is 6.29 Å². The molecule has 0 bridgehead atoms. The molecule has 0 aliphatic carbocycles. The Morgan fingerprint density at radius 1 is 1.33 bits per heavy atom. The highest BCUT2D eigenvalue weighted by atomic mass is 32.2. The smallest absolute Gasteiger partial charge is 0.214 e. The van der Waals surface area contributed by atoms with Crippen molar-refractivity contribution in [2.24, 2.45) is 0 Å². The fourth-order valence-corrected chi connectivity index (χ4v) is 3.28. The van der Waals surface area contributed by atoms with Gasteiger partial charge in [0.05, 0.1) is 5.75 Å². The zero-order valence-electron chi connectivity index (χ0n) is 9.31. The zero-order valence-corrected chi connectivity index (χ0v) is 10.1. The third-order valence-electron chi connectivity index (χ3n) is 2.58. The maximum atomic E-state index is 11.4. The fourth-order valence-electron chi connectivity index (χ4n) is 1.71. The first-order valence-electron chi connectivity index (χ1n) is 5.13. The van der Waals surface area contributed by atoms with Crippen molar-refractivity contribution in [2.45, 2.75) is 25.6 Å². The largest absolute Gasteiger partial charge is 0.356 e. The van der Waals surface area contributed by atoms with Crippen LogP contribution in [-0.4, -0.2) is 52.1 Å². The molecular weight excluding hydrogens is 218 g/mol. The van der Waals surface area contributed by atoms with E-state index in [1.165, 1.54) is 0 Å². The highest BCUT2D eigenvalue weighted by molar-refractivity contribution is 7.89. The van der Waals surface area contributed by atoms with Crippen LogP contribution in [0.1, 0.15) is 19.3 Å². The van der Waals surface area contributed by atoms with Gasteiger partial charge in [0.25, 0.3) is 0 Å². The summed E-state index contributed by atoms with van der Waals surface area (Å²) in [5.41, 5.74) is 0. The Hall–Kier alpha value is -0.170. The lowest BCUT2D eigenvalue weighted by Crippen LogP contribution is -2.27. The summed E-state index contributed by atoms with van der Waals surface area (Å²) in [5.74, 6) is 0.297. The van der Waals surface area contributed by atoms with Gasteiger partial charge in [0, 0.05) is 27.3 Å². The van der Waals surface area contributed by atoms with Crippen molar-refractivity contribution in [2.75, 3.05) is 33.1 Å². The second-order valence-electron chi connectivity index (χ2n) is 3.61. The van der Waals surface area contributed by atoms with E-state index in [0.717, 1.165) is 19.3 Å². The van der Waals surface area contributed by atoms with Gasteiger partial charge in [0.2, 0.25) is 10.0 Å². The van der Waals surface area contributed by atoms with Crippen LogP contribution in [0.5, 0.6) is 0 Å². The van der Waals surface area contributed by atoms with Crippen LogP contribution in [0, 0.1) is 0 Å². The maximum Gasteiger partial charge on any atom is 0.214 e. The van der Waals surface area contributed by atoms with Gasteiger partial charge in [0.1, 0.15) is 0 Å². The predicted molar refractivity (Wildman–Crippen MR) is 57.0 cm³/mol. The second-order valence-corrected chi connectivity index (χ2v) is 5.70. The normalized spacial score (nSPS) is 21.3. The van der Waals surface area contributed by atoms with Crippen molar-refractivity contribution in [1.82, 2.24) is 4.31 Å². The summed E-state index contributed by atoms with van der Waals surface area (Å²) in [4.78, 5) is 0. The molecule has 15 heavy (non-hydrogen) atoms. The van der Waals surface area contributed by atoms with Crippen LogP contribution in [0.25, 0.3) is 0 Å². The molecule has 1 heterocycles. The molecule has 0 saturated carbocycles. The Kier molecular flexibility index (Phi) is 4.98. The number of rotatable bonds is 6. The molecule has 0 aromatic heterocycles. The first kappa shape index (κ1) is 12.9. The van der Waals surface area contributed by atoms with Crippen LogP contribution in [0.3, 0.4) is 0 Å². The van der Waals surface area contributed by atoms with E-state index in [0.29, 0.717) is 18.8 Å². The molecule has 0 aromatic rings. The van der Waals surface area contributed by atoms with Crippen LogP contribution < -0.4 is 0 Å². The molecule has 6 heteroatoms. The summed E-state index contributed by atoms with van der Waals surface area (Å²) < 4.78 is 34.5. The van der Waals surface area contributed by atoms with Gasteiger partial charge in [-0.25, -0.2) is 12.7 Å². The van der Waals surface area contributed by atoms with Gasteiger partial charge >= 0.3 is 0 Å². The van der Waals surface area contributed by atoms with Crippen molar-refractivity contribution >= 4 is 10.0 Å². The monoisotopic (exact) mass is 237 g/mol. The minimum atomic E-state index is -2.95. The van der Waals surface area contributed by atoms with E-state index in [1.54, 1.807) is 18.5 Å². The van der Waals surface area contributed by atoms with Gasteiger partial charge in [-0.3, -0.25) is 0 Å². The number of methoxy groups -OCH3 is 2. The van der Waals surface area contributed by atoms with E-state index in [9.17, 15) is 8.42 Å². The van der Waals surface area contributed by atoms with Crippen LogP contribution in [0.2, 0.25) is 0 Å². The average molecular weight is 237 g/mol. The molecule has 0 amide bonds. The number of ether oxygens (including phenoxy) is 2. The molecule has 1 fully saturated rings. The van der Waals surface area contributed by atoms with Gasteiger partial charge in [-0.05, 0) is 19.3 Å². The summed E-state index contributed by atoms with van der Waals surface area (Å²) >= 11 is 0. The van der Waals surface area contributed by atoms with Crippen LogP contribution in [0.15, 0.2) is 0 Å². The first-order chi connectivity index (χ1) is 7.10. The molecule has 0 spiro atoms. The minimum absolute atomic E-state index is 0.227. The van der Waals surface area contributed by atoms with E-state index in [4.69, 9.17) is 9.47 Å². The van der Waals surface area contributed by atoms with Gasteiger partial charge in [0.15, 0.2) is 6.29 Å². The third kappa shape index (κ3) is 3.71. The summed E-state index contributed by atoms with van der Waals surface area (Å²) in [6.07, 6.45) is 2.01. The van der Waals surface area contributed by atoms with Gasteiger partial charge in [-0.15, -0.1) is 0 Å². The lowest BCUT2D eigenvalue weighted by molar-refractivity contribution is -0.107. The van der Waals surface area contributed by atoms with Crippen molar-refractivity contribution in [3.63, 3.8) is 0 Å². The quantitative estimate of drug-likeness (QED) is 0.628. The molecule has 1 aliphatic heterocycles. The standard InChI is InChI=1S/C9H19NO4S/c1-13-9(14-2)5-3-6-10-7-4-8-15(10,11)12/h9H,3-8H2,1-2H3. The second kappa shape index (κ2) is 5.79. The highest BCUT2D eigenvalue weighted by Gasteiger charge is 2.27. The van der Waals surface area contributed by atoms with E-state index in [2.05, 4.69) is 0 Å². The molecule has 0 radical (unpaired) electrons. The first-order valence-corrected chi connectivity index (χ1v) is 6.74. The van der Waals surface area contributed by atoms with Crippen molar-refractivity contribution in [1.29, 1.82) is 0 Å². The number of nitrogens with zero attached hydrogens (tertiary/aromatic N) is 1. The predicted octanol–water partition coefficient (Wildman–Crippen LogP) is 0.421. The molecule has 1 aliphatic rings. The number of hydrogen-bond acceptors (Lipinski definition) is 4. The van der Waals surface area contributed by atoms with Gasteiger partial charge in [-0.1, -0.05) is 0 Å². The Bertz CT molecular complexity index is 274. The highest BCUT2D eigenvalue weighted by Crippen LogP contribution is 2.14. The number of hydrogen-bond donors (Lipinski definition) is 0. The SMILES string of the molecule is COC(CCCN1CCCS1(=O)=O)OC. The Morgan fingerprint density at radius 3 is 2.47 bits per heavy atom. The van der Waals surface area contributed by atoms with Crippen molar-refractivity contribution < 1.29 is 17.9 Å². The average Bonchev–Trinajstić information content (AvgIpc) is 2.53. The molecule has 90 valence electrons. The molecule has 0 N–H and O–H groups in total. The lowest BCUT2D eigenvalue weighted by atomic mass is 10.3. The molecule has 0 unspecified atom stereocenters. The third-order valence-corrected chi connectivity index (χ3v) is 4.53. The summed E-state index contributed by atoms with van der Waals surface area (Å²) in [5, 5.41) is 0. The van der Waals surface area contributed by atoms with Crippen molar-refractivity contribution in [3.8, 4) is 0 Å². The molecular formula is C9H19NO4S. The maximum absolute atomic E-state index is 11.4. The van der Waals surface area contributed by atoms with Crippen LogP contribution in [0.4, 0.5) is 0 Å². The van der Waals surface area contributed by atoms with Crippen LogP contribution in [-0.2, 0) is 19.5 Å².